The molecule has 110 valence electrons. The zero-order chi connectivity index (χ0) is 14.9. The third kappa shape index (κ3) is 3.15. The number of amides is 1. The van der Waals surface area contributed by atoms with E-state index in [1.807, 2.05) is 13.8 Å². The molecular weight excluding hydrogens is 264 g/mol. The Morgan fingerprint density at radius 2 is 2.05 bits per heavy atom. The molecule has 1 aromatic carbocycles. The molecule has 0 saturated carbocycles. The van der Waals surface area contributed by atoms with Crippen LogP contribution in [0.4, 0.5) is 8.78 Å². The zero-order valence-corrected chi connectivity index (χ0v) is 11.8. The maximum Gasteiger partial charge on any atom is 0.249 e. The van der Waals surface area contributed by atoms with Crippen LogP contribution >= 0.6 is 0 Å². The Hall–Kier alpha value is -1.49. The van der Waals surface area contributed by atoms with Gasteiger partial charge in [-0.2, -0.15) is 0 Å². The summed E-state index contributed by atoms with van der Waals surface area (Å²) in [7, 11) is 0. The maximum absolute atomic E-state index is 13.2. The molecule has 4 atom stereocenters. The van der Waals surface area contributed by atoms with Gasteiger partial charge in [-0.15, -0.1) is 0 Å². The van der Waals surface area contributed by atoms with Gasteiger partial charge < -0.3 is 10.1 Å². The van der Waals surface area contributed by atoms with Gasteiger partial charge in [0.25, 0.3) is 0 Å². The van der Waals surface area contributed by atoms with Gasteiger partial charge in [0.15, 0.2) is 11.6 Å². The fourth-order valence-electron chi connectivity index (χ4n) is 2.57. The molecule has 0 radical (unpaired) electrons. The number of rotatable bonds is 3. The molecule has 1 aliphatic rings. The number of nitrogens with one attached hydrogen (secondary N) is 1. The summed E-state index contributed by atoms with van der Waals surface area (Å²) in [4.78, 5) is 12.1. The molecule has 0 aromatic heterocycles. The third-order valence-corrected chi connectivity index (χ3v) is 3.66. The lowest BCUT2D eigenvalue weighted by molar-refractivity contribution is -0.133. The van der Waals surface area contributed by atoms with Crippen molar-refractivity contribution in [2.24, 2.45) is 5.92 Å². The van der Waals surface area contributed by atoms with Gasteiger partial charge in [0, 0.05) is 0 Å². The van der Waals surface area contributed by atoms with Crippen LogP contribution in [0.3, 0.4) is 0 Å². The van der Waals surface area contributed by atoms with Crippen molar-refractivity contribution >= 4 is 5.91 Å². The van der Waals surface area contributed by atoms with Crippen molar-refractivity contribution < 1.29 is 18.3 Å². The molecule has 0 spiro atoms. The Kier molecular flexibility index (Phi) is 4.38. The van der Waals surface area contributed by atoms with Gasteiger partial charge in [-0.25, -0.2) is 8.78 Å². The highest BCUT2D eigenvalue weighted by atomic mass is 19.2. The summed E-state index contributed by atoms with van der Waals surface area (Å²) in [5.41, 5.74) is 0.524. The van der Waals surface area contributed by atoms with Crippen molar-refractivity contribution in [3.63, 3.8) is 0 Å². The average molecular weight is 283 g/mol. The van der Waals surface area contributed by atoms with Crippen LogP contribution in [-0.4, -0.2) is 18.1 Å². The summed E-state index contributed by atoms with van der Waals surface area (Å²) in [5, 5.41) is 2.78. The Morgan fingerprint density at radius 1 is 1.35 bits per heavy atom. The second-order valence-corrected chi connectivity index (χ2v) is 5.48. The summed E-state index contributed by atoms with van der Waals surface area (Å²) in [6, 6.07) is 3.22. The number of hydrogen-bond donors (Lipinski definition) is 1. The van der Waals surface area contributed by atoms with E-state index in [0.29, 0.717) is 5.56 Å². The molecule has 1 aliphatic heterocycles. The van der Waals surface area contributed by atoms with Crippen LogP contribution in [0.5, 0.6) is 0 Å². The molecule has 2 rings (SSSR count). The second kappa shape index (κ2) is 5.87. The van der Waals surface area contributed by atoms with Crippen molar-refractivity contribution in [2.75, 3.05) is 0 Å². The number of benzene rings is 1. The van der Waals surface area contributed by atoms with Gasteiger partial charge in [-0.3, -0.25) is 4.79 Å². The molecule has 0 aliphatic carbocycles. The van der Waals surface area contributed by atoms with E-state index in [4.69, 9.17) is 4.74 Å². The third-order valence-electron chi connectivity index (χ3n) is 3.66. The summed E-state index contributed by atoms with van der Waals surface area (Å²) in [6.45, 7) is 5.63. The zero-order valence-electron chi connectivity index (χ0n) is 11.8. The number of carbonyl (C=O) groups is 1. The predicted molar refractivity (Wildman–Crippen MR) is 71.0 cm³/mol. The molecule has 1 fully saturated rings. The maximum atomic E-state index is 13.2. The van der Waals surface area contributed by atoms with Crippen LogP contribution in [0.25, 0.3) is 0 Å². The number of ether oxygens (including phenoxy) is 1. The molecule has 3 nitrogen and oxygen atoms in total. The molecule has 1 heterocycles. The lowest BCUT2D eigenvalue weighted by Gasteiger charge is -2.19. The Balaban J connectivity index is 2.02. The molecule has 1 aromatic rings. The minimum absolute atomic E-state index is 0.0688. The molecular formula is C15H19F2NO2. The fourth-order valence-corrected chi connectivity index (χ4v) is 2.57. The van der Waals surface area contributed by atoms with E-state index in [2.05, 4.69) is 5.32 Å². The lowest BCUT2D eigenvalue weighted by atomic mass is 10.0. The standard InChI is InChI=1S/C15H19F2NO2/c1-8-6-9(2)20-14(8)15(19)18-10(3)11-4-5-12(16)13(17)7-11/h4-5,7-10,14H,6H2,1-3H3,(H,18,19)/t8-,9+,10+,14-/m0/s1. The minimum Gasteiger partial charge on any atom is -0.365 e. The molecule has 1 amide bonds. The molecule has 0 unspecified atom stereocenters. The quantitative estimate of drug-likeness (QED) is 0.926. The highest BCUT2D eigenvalue weighted by Gasteiger charge is 2.35. The van der Waals surface area contributed by atoms with Crippen LogP contribution in [-0.2, 0) is 9.53 Å². The van der Waals surface area contributed by atoms with Gasteiger partial charge in [-0.05, 0) is 43.9 Å². The fraction of sp³-hybridized carbons (Fsp3) is 0.533. The van der Waals surface area contributed by atoms with Gasteiger partial charge in [0.1, 0.15) is 6.10 Å². The number of halogens is 2. The highest BCUT2D eigenvalue weighted by molar-refractivity contribution is 5.81. The van der Waals surface area contributed by atoms with Crippen LogP contribution in [0, 0.1) is 17.6 Å². The Labute approximate surface area is 117 Å². The lowest BCUT2D eigenvalue weighted by Crippen LogP contribution is -2.38. The highest BCUT2D eigenvalue weighted by Crippen LogP contribution is 2.26. The summed E-state index contributed by atoms with van der Waals surface area (Å²) in [6.07, 6.45) is 0.439. The average Bonchev–Trinajstić information content (AvgIpc) is 2.71. The Morgan fingerprint density at radius 3 is 2.60 bits per heavy atom. The molecule has 0 bridgehead atoms. The van der Waals surface area contributed by atoms with Gasteiger partial charge in [-0.1, -0.05) is 13.0 Å². The molecule has 1 N–H and O–H groups in total. The monoisotopic (exact) mass is 283 g/mol. The van der Waals surface area contributed by atoms with E-state index in [9.17, 15) is 13.6 Å². The topological polar surface area (TPSA) is 38.3 Å². The van der Waals surface area contributed by atoms with Gasteiger partial charge in [0.2, 0.25) is 5.91 Å². The predicted octanol–water partition coefficient (Wildman–Crippen LogP) is 2.96. The van der Waals surface area contributed by atoms with Crippen molar-refractivity contribution in [1.29, 1.82) is 0 Å². The van der Waals surface area contributed by atoms with Crippen molar-refractivity contribution in [3.05, 3.63) is 35.4 Å². The van der Waals surface area contributed by atoms with Crippen LogP contribution in [0.2, 0.25) is 0 Å². The minimum atomic E-state index is -0.914. The van der Waals surface area contributed by atoms with E-state index < -0.39 is 23.8 Å². The summed E-state index contributed by atoms with van der Waals surface area (Å²) >= 11 is 0. The summed E-state index contributed by atoms with van der Waals surface area (Å²) < 4.78 is 31.6. The number of hydrogen-bond acceptors (Lipinski definition) is 2. The van der Waals surface area contributed by atoms with E-state index in [0.717, 1.165) is 18.6 Å². The smallest absolute Gasteiger partial charge is 0.249 e. The van der Waals surface area contributed by atoms with Crippen molar-refractivity contribution in [3.8, 4) is 0 Å². The molecule has 1 saturated heterocycles. The largest absolute Gasteiger partial charge is 0.365 e. The first-order valence-corrected chi connectivity index (χ1v) is 6.79. The van der Waals surface area contributed by atoms with Crippen molar-refractivity contribution in [1.82, 2.24) is 5.32 Å². The van der Waals surface area contributed by atoms with Crippen molar-refractivity contribution in [2.45, 2.75) is 45.4 Å². The molecule has 5 heteroatoms. The first-order valence-electron chi connectivity index (χ1n) is 6.79. The van der Waals surface area contributed by atoms with Gasteiger partial charge >= 0.3 is 0 Å². The number of carbonyl (C=O) groups excluding carboxylic acids is 1. The van der Waals surface area contributed by atoms with Gasteiger partial charge in [0.05, 0.1) is 12.1 Å². The van der Waals surface area contributed by atoms with E-state index in [-0.39, 0.29) is 17.9 Å². The SMILES string of the molecule is C[C@@H]1C[C@H](C)[C@@H](C(=O)N[C@H](C)c2ccc(F)c(F)c2)O1. The normalized spacial score (nSPS) is 27.4. The van der Waals surface area contributed by atoms with E-state index in [1.165, 1.54) is 6.07 Å². The van der Waals surface area contributed by atoms with E-state index >= 15 is 0 Å². The van der Waals surface area contributed by atoms with Crippen LogP contribution in [0.15, 0.2) is 18.2 Å². The second-order valence-electron chi connectivity index (χ2n) is 5.48. The molecule has 20 heavy (non-hydrogen) atoms. The van der Waals surface area contributed by atoms with E-state index in [1.54, 1.807) is 6.92 Å². The first-order chi connectivity index (χ1) is 9.38. The summed E-state index contributed by atoms with van der Waals surface area (Å²) in [5.74, 6) is -1.86. The van der Waals surface area contributed by atoms with Crippen LogP contribution < -0.4 is 5.32 Å². The first kappa shape index (κ1) is 14.9. The Bertz CT molecular complexity index is 507. The van der Waals surface area contributed by atoms with Crippen LogP contribution in [0.1, 0.15) is 38.8 Å².